The van der Waals surface area contributed by atoms with Gasteiger partial charge in [0.2, 0.25) is 0 Å². The number of carbonyl (C=O) groups is 2. The number of aliphatic carboxylic acids is 1. The van der Waals surface area contributed by atoms with Crippen molar-refractivity contribution in [2.45, 2.75) is 0 Å². The molecule has 152 valence electrons. The van der Waals surface area contributed by atoms with Crippen molar-refractivity contribution in [3.8, 4) is 17.2 Å². The number of ether oxygens (including phenoxy) is 2. The van der Waals surface area contributed by atoms with E-state index in [0.29, 0.717) is 33.4 Å². The minimum absolute atomic E-state index is 0.240. The highest BCUT2D eigenvalue weighted by Crippen LogP contribution is 2.32. The predicted molar refractivity (Wildman–Crippen MR) is 114 cm³/mol. The summed E-state index contributed by atoms with van der Waals surface area (Å²) in [5, 5.41) is 12.2. The van der Waals surface area contributed by atoms with E-state index in [1.165, 1.54) is 6.08 Å². The van der Waals surface area contributed by atoms with Crippen LogP contribution in [0.25, 0.3) is 6.08 Å². The number of carboxylic acid groups (broad SMARTS) is 1. The molecule has 7 heteroatoms. The van der Waals surface area contributed by atoms with Crippen LogP contribution in [0.15, 0.2) is 78.5 Å². The Morgan fingerprint density at radius 3 is 2.23 bits per heavy atom. The maximum absolute atomic E-state index is 12.2. The van der Waals surface area contributed by atoms with Gasteiger partial charge in [-0.2, -0.15) is 0 Å². The SMILES string of the molecule is COc1ccc(Oc2ccc(/C=C(/NC(=O)c3ccccc3)C(=O)O)cc2)c(Cl)c1. The number of halogens is 1. The monoisotopic (exact) mass is 423 g/mol. The molecule has 2 N–H and O–H groups in total. The summed E-state index contributed by atoms with van der Waals surface area (Å²) in [7, 11) is 1.55. The van der Waals surface area contributed by atoms with Gasteiger partial charge in [0.25, 0.3) is 5.91 Å². The maximum atomic E-state index is 12.2. The van der Waals surface area contributed by atoms with Gasteiger partial charge < -0.3 is 19.9 Å². The molecule has 30 heavy (non-hydrogen) atoms. The second-order valence-corrected chi connectivity index (χ2v) is 6.56. The molecule has 3 rings (SSSR count). The largest absolute Gasteiger partial charge is 0.497 e. The summed E-state index contributed by atoms with van der Waals surface area (Å²) in [5.74, 6) is -0.152. The van der Waals surface area contributed by atoms with Crippen LogP contribution < -0.4 is 14.8 Å². The van der Waals surface area contributed by atoms with E-state index < -0.39 is 11.9 Å². The maximum Gasteiger partial charge on any atom is 0.352 e. The van der Waals surface area contributed by atoms with E-state index in [-0.39, 0.29) is 5.70 Å². The van der Waals surface area contributed by atoms with Crippen molar-refractivity contribution in [2.24, 2.45) is 0 Å². The van der Waals surface area contributed by atoms with Gasteiger partial charge in [0, 0.05) is 11.6 Å². The quantitative estimate of drug-likeness (QED) is 0.522. The van der Waals surface area contributed by atoms with Gasteiger partial charge in [0.1, 0.15) is 22.9 Å². The van der Waals surface area contributed by atoms with E-state index in [2.05, 4.69) is 5.32 Å². The topological polar surface area (TPSA) is 84.9 Å². The summed E-state index contributed by atoms with van der Waals surface area (Å²) in [6, 6.07) is 20.1. The Bertz CT molecular complexity index is 1080. The number of nitrogens with one attached hydrogen (secondary N) is 1. The standard InChI is InChI=1S/C23H18ClNO5/c1-29-18-11-12-21(19(24)14-18)30-17-9-7-15(8-10-17)13-20(23(27)28)25-22(26)16-5-3-2-4-6-16/h2-14H,1H3,(H,25,26)(H,27,28)/b20-13+. The van der Waals surface area contributed by atoms with Crippen molar-refractivity contribution in [2.75, 3.05) is 7.11 Å². The molecule has 0 heterocycles. The molecule has 0 atom stereocenters. The van der Waals surface area contributed by atoms with Crippen molar-refractivity contribution in [3.63, 3.8) is 0 Å². The van der Waals surface area contributed by atoms with Crippen LogP contribution in [0.5, 0.6) is 17.2 Å². The van der Waals surface area contributed by atoms with Gasteiger partial charge in [-0.3, -0.25) is 4.79 Å². The zero-order valence-electron chi connectivity index (χ0n) is 16.0. The number of carboxylic acids is 1. The Hall–Kier alpha value is -3.77. The van der Waals surface area contributed by atoms with E-state index in [4.69, 9.17) is 21.1 Å². The molecule has 0 unspecified atom stereocenters. The number of amides is 1. The fourth-order valence-electron chi connectivity index (χ4n) is 2.55. The van der Waals surface area contributed by atoms with Crippen molar-refractivity contribution in [1.29, 1.82) is 0 Å². The lowest BCUT2D eigenvalue weighted by molar-refractivity contribution is -0.132. The molecular weight excluding hydrogens is 406 g/mol. The lowest BCUT2D eigenvalue weighted by Gasteiger charge is -2.09. The summed E-state index contributed by atoms with van der Waals surface area (Å²) in [4.78, 5) is 23.8. The van der Waals surface area contributed by atoms with Crippen LogP contribution in [0.3, 0.4) is 0 Å². The zero-order chi connectivity index (χ0) is 21.5. The van der Waals surface area contributed by atoms with Crippen molar-refractivity contribution in [3.05, 3.63) is 94.6 Å². The Labute approximate surface area is 178 Å². The first-order valence-corrected chi connectivity index (χ1v) is 9.27. The van der Waals surface area contributed by atoms with E-state index in [0.717, 1.165) is 0 Å². The molecule has 3 aromatic carbocycles. The Morgan fingerprint density at radius 2 is 1.63 bits per heavy atom. The molecule has 0 aliphatic heterocycles. The second kappa shape index (κ2) is 9.62. The lowest BCUT2D eigenvalue weighted by atomic mass is 10.1. The first-order chi connectivity index (χ1) is 14.5. The Balaban J connectivity index is 1.74. The molecule has 0 aliphatic rings. The minimum atomic E-state index is -1.25. The predicted octanol–water partition coefficient (Wildman–Crippen LogP) is 5.00. The van der Waals surface area contributed by atoms with Crippen LogP contribution in [0, 0.1) is 0 Å². The number of rotatable bonds is 7. The molecule has 1 amide bonds. The van der Waals surface area contributed by atoms with Gasteiger partial charge in [0.15, 0.2) is 0 Å². The van der Waals surface area contributed by atoms with E-state index >= 15 is 0 Å². The molecule has 0 fully saturated rings. The zero-order valence-corrected chi connectivity index (χ0v) is 16.7. The Kier molecular flexibility index (Phi) is 6.72. The fourth-order valence-corrected chi connectivity index (χ4v) is 2.76. The van der Waals surface area contributed by atoms with Gasteiger partial charge in [-0.15, -0.1) is 0 Å². The molecule has 3 aromatic rings. The summed E-state index contributed by atoms with van der Waals surface area (Å²) < 4.78 is 10.8. The third-order valence-corrected chi connectivity index (χ3v) is 4.37. The van der Waals surface area contributed by atoms with Crippen LogP contribution in [-0.4, -0.2) is 24.1 Å². The van der Waals surface area contributed by atoms with Crippen LogP contribution in [-0.2, 0) is 4.79 Å². The van der Waals surface area contributed by atoms with Gasteiger partial charge in [0.05, 0.1) is 12.1 Å². The smallest absolute Gasteiger partial charge is 0.352 e. The normalized spacial score (nSPS) is 10.9. The first kappa shape index (κ1) is 21.0. The van der Waals surface area contributed by atoms with E-state index in [1.54, 1.807) is 79.9 Å². The lowest BCUT2D eigenvalue weighted by Crippen LogP contribution is -2.27. The fraction of sp³-hybridized carbons (Fsp3) is 0.0435. The van der Waals surface area contributed by atoms with Crippen LogP contribution in [0.1, 0.15) is 15.9 Å². The van der Waals surface area contributed by atoms with Crippen molar-refractivity contribution >= 4 is 29.6 Å². The number of methoxy groups -OCH3 is 1. The summed E-state index contributed by atoms with van der Waals surface area (Å²) in [5.41, 5.74) is 0.703. The summed E-state index contributed by atoms with van der Waals surface area (Å²) in [6.45, 7) is 0. The number of hydrogen-bond acceptors (Lipinski definition) is 4. The number of carbonyl (C=O) groups excluding carboxylic acids is 1. The summed E-state index contributed by atoms with van der Waals surface area (Å²) in [6.07, 6.45) is 1.37. The third-order valence-electron chi connectivity index (χ3n) is 4.07. The van der Waals surface area contributed by atoms with Crippen molar-refractivity contribution in [1.82, 2.24) is 5.32 Å². The van der Waals surface area contributed by atoms with Gasteiger partial charge in [-0.25, -0.2) is 4.79 Å². The summed E-state index contributed by atoms with van der Waals surface area (Å²) >= 11 is 6.17. The molecule has 0 saturated heterocycles. The molecule has 6 nitrogen and oxygen atoms in total. The minimum Gasteiger partial charge on any atom is -0.497 e. The average molecular weight is 424 g/mol. The molecule has 0 aliphatic carbocycles. The third kappa shape index (κ3) is 5.40. The molecule has 0 radical (unpaired) electrons. The second-order valence-electron chi connectivity index (χ2n) is 6.15. The number of hydrogen-bond donors (Lipinski definition) is 2. The van der Waals surface area contributed by atoms with Crippen LogP contribution in [0.2, 0.25) is 5.02 Å². The van der Waals surface area contributed by atoms with Gasteiger partial charge in [-0.1, -0.05) is 41.9 Å². The highest BCUT2D eigenvalue weighted by Gasteiger charge is 2.13. The molecule has 0 spiro atoms. The van der Waals surface area contributed by atoms with Gasteiger partial charge in [-0.05, 0) is 48.0 Å². The van der Waals surface area contributed by atoms with Gasteiger partial charge >= 0.3 is 5.97 Å². The average Bonchev–Trinajstić information content (AvgIpc) is 2.76. The van der Waals surface area contributed by atoms with E-state index in [9.17, 15) is 14.7 Å². The van der Waals surface area contributed by atoms with E-state index in [1.807, 2.05) is 0 Å². The van der Waals surface area contributed by atoms with Crippen LogP contribution >= 0.6 is 11.6 Å². The molecule has 0 bridgehead atoms. The Morgan fingerprint density at radius 1 is 0.967 bits per heavy atom. The number of benzene rings is 3. The highest BCUT2D eigenvalue weighted by molar-refractivity contribution is 6.32. The molecular formula is C23H18ClNO5. The first-order valence-electron chi connectivity index (χ1n) is 8.89. The van der Waals surface area contributed by atoms with Crippen molar-refractivity contribution < 1.29 is 24.2 Å². The van der Waals surface area contributed by atoms with Crippen LogP contribution in [0.4, 0.5) is 0 Å². The molecule has 0 saturated carbocycles. The highest BCUT2D eigenvalue weighted by atomic mass is 35.5. The molecule has 0 aromatic heterocycles.